The van der Waals surface area contributed by atoms with Crippen LogP contribution in [0.15, 0.2) is 30.6 Å². The number of aromatic nitrogens is 2. The van der Waals surface area contributed by atoms with Gasteiger partial charge < -0.3 is 14.8 Å². The van der Waals surface area contributed by atoms with Crippen molar-refractivity contribution in [3.05, 3.63) is 36.2 Å². The van der Waals surface area contributed by atoms with Crippen molar-refractivity contribution in [2.24, 2.45) is 7.05 Å². The van der Waals surface area contributed by atoms with Crippen LogP contribution < -0.4 is 14.8 Å². The molecule has 2 heterocycles. The summed E-state index contributed by atoms with van der Waals surface area (Å²) in [6.45, 7) is 1.05. The highest BCUT2D eigenvalue weighted by molar-refractivity contribution is 5.46. The zero-order valence-corrected chi connectivity index (χ0v) is 9.51. The molecule has 1 aliphatic heterocycles. The molecule has 17 heavy (non-hydrogen) atoms. The third-order valence-electron chi connectivity index (χ3n) is 2.64. The van der Waals surface area contributed by atoms with Crippen molar-refractivity contribution in [1.29, 1.82) is 0 Å². The zero-order chi connectivity index (χ0) is 11.7. The van der Waals surface area contributed by atoms with E-state index in [0.717, 1.165) is 29.3 Å². The van der Waals surface area contributed by atoms with Crippen molar-refractivity contribution < 1.29 is 9.47 Å². The van der Waals surface area contributed by atoms with E-state index in [2.05, 4.69) is 10.4 Å². The first-order valence-corrected chi connectivity index (χ1v) is 5.42. The van der Waals surface area contributed by atoms with Gasteiger partial charge >= 0.3 is 0 Å². The van der Waals surface area contributed by atoms with E-state index >= 15 is 0 Å². The standard InChI is InChI=1S/C12H13N3O2/c1-15-7-10(6-14-15)13-5-9-2-3-11-12(4-9)17-8-16-11/h2-4,6-7,13H,5,8H2,1H3. The zero-order valence-electron chi connectivity index (χ0n) is 9.51. The quantitative estimate of drug-likeness (QED) is 0.874. The van der Waals surface area contributed by atoms with E-state index in [1.807, 2.05) is 31.4 Å². The van der Waals surface area contributed by atoms with Gasteiger partial charge in [0.25, 0.3) is 0 Å². The smallest absolute Gasteiger partial charge is 0.231 e. The van der Waals surface area contributed by atoms with Crippen LogP contribution in [0.4, 0.5) is 5.69 Å². The third-order valence-corrected chi connectivity index (χ3v) is 2.64. The van der Waals surface area contributed by atoms with Crippen LogP contribution in [0.25, 0.3) is 0 Å². The molecule has 0 unspecified atom stereocenters. The Balaban J connectivity index is 1.69. The molecule has 0 spiro atoms. The molecule has 0 bridgehead atoms. The second kappa shape index (κ2) is 4.01. The molecule has 3 rings (SSSR count). The monoisotopic (exact) mass is 231 g/mol. The van der Waals surface area contributed by atoms with Gasteiger partial charge in [0.15, 0.2) is 11.5 Å². The lowest BCUT2D eigenvalue weighted by Crippen LogP contribution is -1.98. The maximum atomic E-state index is 5.33. The highest BCUT2D eigenvalue weighted by Crippen LogP contribution is 2.32. The Kier molecular flexibility index (Phi) is 2.36. The second-order valence-corrected chi connectivity index (χ2v) is 3.94. The van der Waals surface area contributed by atoms with Crippen molar-refractivity contribution in [1.82, 2.24) is 9.78 Å². The Morgan fingerprint density at radius 1 is 1.35 bits per heavy atom. The minimum Gasteiger partial charge on any atom is -0.454 e. The van der Waals surface area contributed by atoms with Crippen LogP contribution in [-0.2, 0) is 13.6 Å². The summed E-state index contributed by atoms with van der Waals surface area (Å²) >= 11 is 0. The highest BCUT2D eigenvalue weighted by Gasteiger charge is 2.12. The molecule has 0 saturated heterocycles. The van der Waals surface area contributed by atoms with Gasteiger partial charge in [-0.2, -0.15) is 5.10 Å². The van der Waals surface area contributed by atoms with Gasteiger partial charge in [0, 0.05) is 19.8 Å². The normalized spacial score (nSPS) is 12.8. The predicted molar refractivity (Wildman–Crippen MR) is 63.1 cm³/mol. The van der Waals surface area contributed by atoms with Gasteiger partial charge in [0.2, 0.25) is 6.79 Å². The molecule has 0 amide bonds. The van der Waals surface area contributed by atoms with Crippen molar-refractivity contribution in [2.75, 3.05) is 12.1 Å². The Morgan fingerprint density at radius 2 is 2.24 bits per heavy atom. The first-order chi connectivity index (χ1) is 8.31. The lowest BCUT2D eigenvalue weighted by Gasteiger charge is -2.04. The van der Waals surface area contributed by atoms with E-state index in [0.29, 0.717) is 6.79 Å². The maximum absolute atomic E-state index is 5.33. The van der Waals surface area contributed by atoms with Crippen molar-refractivity contribution in [3.63, 3.8) is 0 Å². The first-order valence-electron chi connectivity index (χ1n) is 5.42. The van der Waals surface area contributed by atoms with Gasteiger partial charge in [-0.15, -0.1) is 0 Å². The van der Waals surface area contributed by atoms with Crippen LogP contribution in [0.2, 0.25) is 0 Å². The summed E-state index contributed by atoms with van der Waals surface area (Å²) in [6.07, 6.45) is 3.74. The largest absolute Gasteiger partial charge is 0.454 e. The van der Waals surface area contributed by atoms with Gasteiger partial charge in [-0.25, -0.2) is 0 Å². The molecule has 0 atom stereocenters. The molecule has 88 valence electrons. The molecule has 1 aliphatic rings. The fourth-order valence-electron chi connectivity index (χ4n) is 1.77. The van der Waals surface area contributed by atoms with E-state index in [-0.39, 0.29) is 0 Å². The Bertz CT molecular complexity index is 536. The average molecular weight is 231 g/mol. The summed E-state index contributed by atoms with van der Waals surface area (Å²) in [5.74, 6) is 1.63. The van der Waals surface area contributed by atoms with Crippen LogP contribution in [-0.4, -0.2) is 16.6 Å². The number of hydrogen-bond acceptors (Lipinski definition) is 4. The highest BCUT2D eigenvalue weighted by atomic mass is 16.7. The summed E-state index contributed by atoms with van der Waals surface area (Å²) in [5, 5.41) is 7.39. The molecular weight excluding hydrogens is 218 g/mol. The van der Waals surface area contributed by atoms with Crippen LogP contribution in [0.1, 0.15) is 5.56 Å². The van der Waals surface area contributed by atoms with Gasteiger partial charge in [-0.3, -0.25) is 4.68 Å². The van der Waals surface area contributed by atoms with E-state index in [1.54, 1.807) is 10.9 Å². The van der Waals surface area contributed by atoms with E-state index in [4.69, 9.17) is 9.47 Å². The number of hydrogen-bond donors (Lipinski definition) is 1. The van der Waals surface area contributed by atoms with Gasteiger partial charge in [-0.1, -0.05) is 6.07 Å². The van der Waals surface area contributed by atoms with E-state index < -0.39 is 0 Å². The lowest BCUT2D eigenvalue weighted by molar-refractivity contribution is 0.174. The van der Waals surface area contributed by atoms with Gasteiger partial charge in [-0.05, 0) is 17.7 Å². The molecule has 0 radical (unpaired) electrons. The van der Waals surface area contributed by atoms with E-state index in [1.165, 1.54) is 0 Å². The summed E-state index contributed by atoms with van der Waals surface area (Å²) < 4.78 is 12.4. The van der Waals surface area contributed by atoms with Crippen molar-refractivity contribution in [3.8, 4) is 11.5 Å². The number of aryl methyl sites for hydroxylation is 1. The van der Waals surface area contributed by atoms with Crippen molar-refractivity contribution in [2.45, 2.75) is 6.54 Å². The SMILES string of the molecule is Cn1cc(NCc2ccc3c(c2)OCO3)cn1. The number of rotatable bonds is 3. The first kappa shape index (κ1) is 10.0. The maximum Gasteiger partial charge on any atom is 0.231 e. The Morgan fingerprint density at radius 3 is 3.06 bits per heavy atom. The Labute approximate surface area is 99.0 Å². The number of fused-ring (bicyclic) bond motifs is 1. The number of nitrogens with zero attached hydrogens (tertiary/aromatic N) is 2. The number of ether oxygens (including phenoxy) is 2. The molecule has 5 nitrogen and oxygen atoms in total. The summed E-state index contributed by atoms with van der Waals surface area (Å²) in [4.78, 5) is 0. The Hall–Kier alpha value is -2.17. The molecule has 0 saturated carbocycles. The van der Waals surface area contributed by atoms with E-state index in [9.17, 15) is 0 Å². The number of nitrogens with one attached hydrogen (secondary N) is 1. The van der Waals surface area contributed by atoms with Crippen LogP contribution in [0, 0.1) is 0 Å². The summed E-state index contributed by atoms with van der Waals surface area (Å²) in [7, 11) is 1.89. The molecule has 0 fully saturated rings. The van der Waals surface area contributed by atoms with Gasteiger partial charge in [0.05, 0.1) is 11.9 Å². The minimum absolute atomic E-state index is 0.314. The van der Waals surface area contributed by atoms with Crippen LogP contribution in [0.5, 0.6) is 11.5 Å². The summed E-state index contributed by atoms with van der Waals surface area (Å²) in [6, 6.07) is 5.95. The molecule has 5 heteroatoms. The molecular formula is C12H13N3O2. The summed E-state index contributed by atoms with van der Waals surface area (Å²) in [5.41, 5.74) is 2.16. The topological polar surface area (TPSA) is 48.3 Å². The number of anilines is 1. The third kappa shape index (κ3) is 2.04. The molecule has 1 N–H and O–H groups in total. The van der Waals surface area contributed by atoms with Crippen LogP contribution >= 0.6 is 0 Å². The fraction of sp³-hybridized carbons (Fsp3) is 0.250. The number of benzene rings is 1. The minimum atomic E-state index is 0.314. The predicted octanol–water partition coefficient (Wildman–Crippen LogP) is 1.76. The molecule has 2 aromatic rings. The average Bonchev–Trinajstić information content (AvgIpc) is 2.94. The fourth-order valence-corrected chi connectivity index (χ4v) is 1.77. The van der Waals surface area contributed by atoms with Gasteiger partial charge in [0.1, 0.15) is 0 Å². The molecule has 0 aliphatic carbocycles. The lowest BCUT2D eigenvalue weighted by atomic mass is 10.2. The second-order valence-electron chi connectivity index (χ2n) is 3.94. The van der Waals surface area contributed by atoms with Crippen LogP contribution in [0.3, 0.4) is 0 Å². The molecule has 1 aromatic carbocycles. The molecule has 1 aromatic heterocycles. The van der Waals surface area contributed by atoms with Crippen molar-refractivity contribution >= 4 is 5.69 Å².